The molecule has 0 saturated heterocycles. The van der Waals surface area contributed by atoms with Crippen molar-refractivity contribution in [1.29, 1.82) is 0 Å². The third kappa shape index (κ3) is 2.83. The summed E-state index contributed by atoms with van der Waals surface area (Å²) < 4.78 is 1.38. The van der Waals surface area contributed by atoms with Crippen molar-refractivity contribution >= 4 is 28.7 Å². The molecule has 1 aliphatic rings. The van der Waals surface area contributed by atoms with Gasteiger partial charge in [-0.1, -0.05) is 38.1 Å². The van der Waals surface area contributed by atoms with E-state index in [1.165, 1.54) is 42.5 Å². The van der Waals surface area contributed by atoms with Crippen LogP contribution in [0.1, 0.15) is 65.6 Å². The number of nitrogens with zero attached hydrogens (tertiary/aromatic N) is 1. The van der Waals surface area contributed by atoms with Crippen LogP contribution < -0.4 is 0 Å². The van der Waals surface area contributed by atoms with E-state index in [4.69, 9.17) is 0 Å². The van der Waals surface area contributed by atoms with E-state index in [-0.39, 0.29) is 5.54 Å². The van der Waals surface area contributed by atoms with Gasteiger partial charge in [-0.05, 0) is 101 Å². The molecule has 1 nitrogen and oxygen atoms in total. The van der Waals surface area contributed by atoms with Crippen molar-refractivity contribution < 1.29 is 0 Å². The molecular weight excluding hydrogens is 417 g/mol. The fraction of sp³-hybridized carbons (Fsp3) is 0.391. The molecule has 25 heavy (non-hydrogen) atoms. The zero-order valence-corrected chi connectivity index (χ0v) is 18.5. The molecule has 2 aromatic carbocycles. The van der Waals surface area contributed by atoms with Gasteiger partial charge < -0.3 is 4.90 Å². The smallest absolute Gasteiger partial charge is 0.0877 e. The van der Waals surface area contributed by atoms with Gasteiger partial charge in [-0.25, -0.2) is 0 Å². The van der Waals surface area contributed by atoms with Crippen molar-refractivity contribution in [2.45, 2.75) is 53.0 Å². The van der Waals surface area contributed by atoms with E-state index in [0.717, 1.165) is 0 Å². The Balaban J connectivity index is 2.28. The van der Waals surface area contributed by atoms with E-state index in [1.807, 2.05) is 0 Å². The number of hydrogen-bond donors (Lipinski definition) is 0. The van der Waals surface area contributed by atoms with Crippen LogP contribution in [0.15, 0.2) is 30.5 Å². The summed E-state index contributed by atoms with van der Waals surface area (Å²) in [4.78, 5) is 2.36. The summed E-state index contributed by atoms with van der Waals surface area (Å²) in [5.74, 6) is 0.550. The minimum atomic E-state index is -0.149. The van der Waals surface area contributed by atoms with Gasteiger partial charge in [0.1, 0.15) is 0 Å². The van der Waals surface area contributed by atoms with Crippen LogP contribution in [-0.2, 0) is 5.54 Å². The van der Waals surface area contributed by atoms with E-state index in [0.29, 0.717) is 5.92 Å². The molecule has 1 atom stereocenters. The van der Waals surface area contributed by atoms with Crippen LogP contribution in [0.5, 0.6) is 0 Å². The third-order valence-electron chi connectivity index (χ3n) is 5.98. The molecule has 0 saturated carbocycles. The molecular formula is C23H28IN. The van der Waals surface area contributed by atoms with Gasteiger partial charge in [-0.2, -0.15) is 0 Å². The molecule has 2 aromatic rings. The Labute approximate surface area is 166 Å². The Bertz CT molecular complexity index is 863. The van der Waals surface area contributed by atoms with Crippen molar-refractivity contribution in [3.63, 3.8) is 0 Å². The molecule has 0 aromatic heterocycles. The SMILES string of the molecule is Cc1cc(C2(C)c3ccc(C(C)C)cc3C=CN2C)c(C)c(C)c1I. The fourth-order valence-corrected chi connectivity index (χ4v) is 4.50. The zero-order chi connectivity index (χ0) is 18.5. The lowest BCUT2D eigenvalue weighted by molar-refractivity contribution is 0.250. The first kappa shape index (κ1) is 18.5. The van der Waals surface area contributed by atoms with Crippen molar-refractivity contribution in [2.24, 2.45) is 0 Å². The van der Waals surface area contributed by atoms with Crippen LogP contribution >= 0.6 is 22.6 Å². The average molecular weight is 445 g/mol. The number of fused-ring (bicyclic) bond motifs is 1. The van der Waals surface area contributed by atoms with Crippen molar-refractivity contribution in [1.82, 2.24) is 4.90 Å². The van der Waals surface area contributed by atoms with Gasteiger partial charge in [0.05, 0.1) is 5.54 Å². The number of benzene rings is 2. The van der Waals surface area contributed by atoms with E-state index < -0.39 is 0 Å². The first-order valence-corrected chi connectivity index (χ1v) is 10.1. The van der Waals surface area contributed by atoms with Gasteiger partial charge in [0.25, 0.3) is 0 Å². The van der Waals surface area contributed by atoms with Crippen molar-refractivity contribution in [2.75, 3.05) is 7.05 Å². The maximum Gasteiger partial charge on any atom is 0.0877 e. The van der Waals surface area contributed by atoms with Gasteiger partial charge in [0, 0.05) is 16.8 Å². The van der Waals surface area contributed by atoms with Crippen LogP contribution in [0, 0.1) is 24.3 Å². The predicted octanol–water partition coefficient (Wildman–Crippen LogP) is 6.52. The highest BCUT2D eigenvalue weighted by molar-refractivity contribution is 14.1. The Hall–Kier alpha value is -1.29. The van der Waals surface area contributed by atoms with Crippen molar-refractivity contribution in [3.8, 4) is 0 Å². The van der Waals surface area contributed by atoms with Crippen LogP contribution in [0.4, 0.5) is 0 Å². The summed E-state index contributed by atoms with van der Waals surface area (Å²) in [6.45, 7) is 13.6. The standard InChI is InChI=1S/C23H28IN/c1-14(2)18-8-9-20-19(13-18)10-11-25(7)23(20,6)21-12-15(3)22(24)17(5)16(21)4/h8-14H,1-7H3. The van der Waals surface area contributed by atoms with Crippen molar-refractivity contribution in [3.05, 3.63) is 73.0 Å². The normalized spacial score (nSPS) is 19.5. The Morgan fingerprint density at radius 2 is 1.68 bits per heavy atom. The minimum Gasteiger partial charge on any atom is -0.367 e. The molecule has 0 bridgehead atoms. The Kier molecular flexibility index (Phi) is 4.78. The van der Waals surface area contributed by atoms with Gasteiger partial charge in [0.15, 0.2) is 0 Å². The lowest BCUT2D eigenvalue weighted by Gasteiger charge is -2.44. The molecule has 0 spiro atoms. The highest BCUT2D eigenvalue weighted by atomic mass is 127. The number of hydrogen-bond acceptors (Lipinski definition) is 1. The van der Waals surface area contributed by atoms with E-state index in [1.54, 1.807) is 0 Å². The van der Waals surface area contributed by atoms with Crippen LogP contribution in [0.3, 0.4) is 0 Å². The summed E-state index contributed by atoms with van der Waals surface area (Å²) in [7, 11) is 2.19. The molecule has 0 aliphatic carbocycles. The molecule has 132 valence electrons. The molecule has 0 amide bonds. The summed E-state index contributed by atoms with van der Waals surface area (Å²) in [5.41, 5.74) is 9.58. The van der Waals surface area contributed by atoms with E-state index in [2.05, 4.69) is 113 Å². The van der Waals surface area contributed by atoms with Crippen LogP contribution in [-0.4, -0.2) is 11.9 Å². The first-order valence-electron chi connectivity index (χ1n) is 9.00. The molecule has 1 aliphatic heterocycles. The summed E-state index contributed by atoms with van der Waals surface area (Å²) >= 11 is 2.48. The topological polar surface area (TPSA) is 3.24 Å². The first-order chi connectivity index (χ1) is 11.7. The highest BCUT2D eigenvalue weighted by Crippen LogP contribution is 2.43. The molecule has 0 fully saturated rings. The summed E-state index contributed by atoms with van der Waals surface area (Å²) in [6.07, 6.45) is 4.49. The minimum absolute atomic E-state index is 0.149. The lowest BCUT2D eigenvalue weighted by atomic mass is 9.75. The van der Waals surface area contributed by atoms with Crippen LogP contribution in [0.2, 0.25) is 0 Å². The number of rotatable bonds is 2. The van der Waals surface area contributed by atoms with E-state index >= 15 is 0 Å². The van der Waals surface area contributed by atoms with Gasteiger partial charge in [-0.3, -0.25) is 0 Å². The second-order valence-electron chi connectivity index (χ2n) is 7.81. The highest BCUT2D eigenvalue weighted by Gasteiger charge is 2.37. The van der Waals surface area contributed by atoms with Gasteiger partial charge in [-0.15, -0.1) is 0 Å². The Morgan fingerprint density at radius 3 is 2.32 bits per heavy atom. The monoisotopic (exact) mass is 445 g/mol. The maximum absolute atomic E-state index is 2.48. The largest absolute Gasteiger partial charge is 0.367 e. The molecule has 2 heteroatoms. The number of halogens is 1. The molecule has 1 unspecified atom stereocenters. The third-order valence-corrected chi connectivity index (χ3v) is 7.64. The van der Waals surface area contributed by atoms with Gasteiger partial charge >= 0.3 is 0 Å². The average Bonchev–Trinajstić information content (AvgIpc) is 2.59. The molecule has 1 heterocycles. The second-order valence-corrected chi connectivity index (χ2v) is 8.88. The van der Waals surface area contributed by atoms with Crippen LogP contribution in [0.25, 0.3) is 6.08 Å². The Morgan fingerprint density at radius 1 is 1.00 bits per heavy atom. The van der Waals surface area contributed by atoms with E-state index in [9.17, 15) is 0 Å². The molecule has 0 radical (unpaired) electrons. The zero-order valence-electron chi connectivity index (χ0n) is 16.4. The molecule has 0 N–H and O–H groups in total. The quantitative estimate of drug-likeness (QED) is 0.476. The summed E-state index contributed by atoms with van der Waals surface area (Å²) in [5, 5.41) is 0. The van der Waals surface area contributed by atoms with Gasteiger partial charge in [0.2, 0.25) is 0 Å². The molecule has 3 rings (SSSR count). The lowest BCUT2D eigenvalue weighted by Crippen LogP contribution is -2.42. The number of aryl methyl sites for hydroxylation is 1. The maximum atomic E-state index is 2.48. The summed E-state index contributed by atoms with van der Waals surface area (Å²) in [6, 6.07) is 9.40. The second kappa shape index (κ2) is 6.46. The predicted molar refractivity (Wildman–Crippen MR) is 117 cm³/mol. The fourth-order valence-electron chi connectivity index (χ4n) is 3.94.